The third kappa shape index (κ3) is 4.03. The average Bonchev–Trinajstić information content (AvgIpc) is 3.06. The van der Waals surface area contributed by atoms with Crippen LogP contribution in [0.3, 0.4) is 0 Å². The minimum absolute atomic E-state index is 0.223. The molecule has 0 radical (unpaired) electrons. The van der Waals surface area contributed by atoms with E-state index in [1.165, 1.54) is 32.1 Å². The number of rotatable bonds is 7. The van der Waals surface area contributed by atoms with Crippen LogP contribution in [0.5, 0.6) is 0 Å². The first-order valence-corrected chi connectivity index (χ1v) is 7.93. The molecule has 1 aliphatic carbocycles. The van der Waals surface area contributed by atoms with Crippen LogP contribution in [0.25, 0.3) is 0 Å². The fourth-order valence-corrected chi connectivity index (χ4v) is 3.37. The fourth-order valence-electron chi connectivity index (χ4n) is 3.37. The van der Waals surface area contributed by atoms with E-state index in [0.717, 1.165) is 38.3 Å². The molecule has 1 aliphatic heterocycles. The lowest BCUT2D eigenvalue weighted by Crippen LogP contribution is -2.44. The Morgan fingerprint density at radius 1 is 1.37 bits per heavy atom. The smallest absolute Gasteiger partial charge is 0.129 e. The van der Waals surface area contributed by atoms with Gasteiger partial charge in [-0.15, -0.1) is 0 Å². The van der Waals surface area contributed by atoms with Gasteiger partial charge in [-0.05, 0) is 38.1 Å². The molecule has 0 spiro atoms. The predicted molar refractivity (Wildman–Crippen MR) is 77.2 cm³/mol. The molecule has 0 N–H and O–H groups in total. The number of nitrogens with zero attached hydrogens (tertiary/aromatic N) is 1. The number of hydrogen-bond acceptors (Lipinski definition) is 3. The highest BCUT2D eigenvalue weighted by Crippen LogP contribution is 2.31. The van der Waals surface area contributed by atoms with Gasteiger partial charge in [-0.3, -0.25) is 4.90 Å². The molecule has 2 fully saturated rings. The molecule has 1 saturated carbocycles. The molecular formula is C16H29NO2. The van der Waals surface area contributed by atoms with Crippen molar-refractivity contribution < 1.29 is 9.53 Å². The Bertz CT molecular complexity index is 278. The van der Waals surface area contributed by atoms with E-state index in [1.807, 2.05) is 0 Å². The topological polar surface area (TPSA) is 29.5 Å². The van der Waals surface area contributed by atoms with Gasteiger partial charge in [-0.25, -0.2) is 0 Å². The van der Waals surface area contributed by atoms with E-state index < -0.39 is 0 Å². The second-order valence-electron chi connectivity index (χ2n) is 6.87. The largest absolute Gasteiger partial charge is 0.380 e. The summed E-state index contributed by atoms with van der Waals surface area (Å²) in [6.45, 7) is 7.98. The first-order valence-electron chi connectivity index (χ1n) is 7.93. The van der Waals surface area contributed by atoms with Crippen molar-refractivity contribution >= 4 is 6.29 Å². The summed E-state index contributed by atoms with van der Waals surface area (Å²) in [5, 5.41) is 0. The molecular weight excluding hydrogens is 238 g/mol. The van der Waals surface area contributed by atoms with Crippen LogP contribution in [0.15, 0.2) is 0 Å². The second-order valence-corrected chi connectivity index (χ2v) is 6.87. The average molecular weight is 267 g/mol. The lowest BCUT2D eigenvalue weighted by atomic mass is 9.87. The molecule has 110 valence electrons. The molecule has 2 aliphatic rings. The van der Waals surface area contributed by atoms with Gasteiger partial charge >= 0.3 is 0 Å². The Morgan fingerprint density at radius 2 is 2.11 bits per heavy atom. The molecule has 19 heavy (non-hydrogen) atoms. The first kappa shape index (κ1) is 15.0. The first-order chi connectivity index (χ1) is 9.15. The maximum Gasteiger partial charge on any atom is 0.129 e. The second kappa shape index (κ2) is 6.85. The Kier molecular flexibility index (Phi) is 5.40. The van der Waals surface area contributed by atoms with Crippen LogP contribution in [0.4, 0.5) is 0 Å². The van der Waals surface area contributed by atoms with Gasteiger partial charge in [0.2, 0.25) is 0 Å². The minimum atomic E-state index is -0.223. The molecule has 3 heteroatoms. The number of carbonyl (C=O) groups is 1. The zero-order valence-corrected chi connectivity index (χ0v) is 12.6. The van der Waals surface area contributed by atoms with Gasteiger partial charge in [0.1, 0.15) is 6.29 Å². The lowest BCUT2D eigenvalue weighted by molar-refractivity contribution is -0.117. The summed E-state index contributed by atoms with van der Waals surface area (Å²) in [6.07, 6.45) is 8.63. The normalized spacial score (nSPS) is 28.6. The lowest BCUT2D eigenvalue weighted by Gasteiger charge is -2.35. The van der Waals surface area contributed by atoms with Crippen LogP contribution >= 0.6 is 0 Å². The Labute approximate surface area is 117 Å². The van der Waals surface area contributed by atoms with Crippen molar-refractivity contribution in [3.63, 3.8) is 0 Å². The summed E-state index contributed by atoms with van der Waals surface area (Å²) in [5.41, 5.74) is -0.223. The van der Waals surface area contributed by atoms with Crippen molar-refractivity contribution in [2.75, 3.05) is 26.3 Å². The maximum atomic E-state index is 11.5. The van der Waals surface area contributed by atoms with Crippen LogP contribution in [0.2, 0.25) is 0 Å². The summed E-state index contributed by atoms with van der Waals surface area (Å²) in [4.78, 5) is 14.1. The molecule has 1 unspecified atom stereocenters. The molecule has 0 aromatic rings. The highest BCUT2D eigenvalue weighted by Gasteiger charge is 2.38. The third-order valence-corrected chi connectivity index (χ3v) is 4.74. The number of hydrogen-bond donors (Lipinski definition) is 0. The number of aldehydes is 1. The van der Waals surface area contributed by atoms with E-state index >= 15 is 0 Å². The summed E-state index contributed by atoms with van der Waals surface area (Å²) in [5.74, 6) is 0.732. The highest BCUT2D eigenvalue weighted by atomic mass is 16.5. The number of ether oxygens (including phenoxy) is 1. The molecule has 0 aromatic carbocycles. The van der Waals surface area contributed by atoms with Gasteiger partial charge in [-0.2, -0.15) is 0 Å². The number of carbonyl (C=O) groups excluding carboxylic acids is 1. The zero-order valence-electron chi connectivity index (χ0n) is 12.6. The predicted octanol–water partition coefficient (Wildman–Crippen LogP) is 2.88. The Hall–Kier alpha value is -0.410. The van der Waals surface area contributed by atoms with Crippen molar-refractivity contribution in [2.45, 2.75) is 58.4 Å². The van der Waals surface area contributed by atoms with E-state index in [0.29, 0.717) is 12.6 Å². The summed E-state index contributed by atoms with van der Waals surface area (Å²) in [7, 11) is 0. The van der Waals surface area contributed by atoms with E-state index in [1.54, 1.807) is 0 Å². The molecule has 2 rings (SSSR count). The van der Waals surface area contributed by atoms with Crippen molar-refractivity contribution in [1.82, 2.24) is 4.90 Å². The van der Waals surface area contributed by atoms with Crippen molar-refractivity contribution in [3.8, 4) is 0 Å². The minimum Gasteiger partial charge on any atom is -0.380 e. The van der Waals surface area contributed by atoms with Crippen LogP contribution in [-0.4, -0.2) is 43.5 Å². The van der Waals surface area contributed by atoms with Gasteiger partial charge in [0.05, 0.1) is 12.0 Å². The fraction of sp³-hybridized carbons (Fsp3) is 0.938. The Balaban J connectivity index is 1.97. The van der Waals surface area contributed by atoms with Crippen LogP contribution < -0.4 is 0 Å². The molecule has 1 heterocycles. The van der Waals surface area contributed by atoms with Gasteiger partial charge in [0, 0.05) is 19.2 Å². The van der Waals surface area contributed by atoms with E-state index in [2.05, 4.69) is 18.7 Å². The van der Waals surface area contributed by atoms with E-state index in [-0.39, 0.29) is 5.41 Å². The Morgan fingerprint density at radius 3 is 2.63 bits per heavy atom. The molecule has 1 saturated heterocycles. The van der Waals surface area contributed by atoms with Gasteiger partial charge in [0.15, 0.2) is 0 Å². The van der Waals surface area contributed by atoms with Gasteiger partial charge < -0.3 is 9.53 Å². The quantitative estimate of drug-likeness (QED) is 0.664. The van der Waals surface area contributed by atoms with E-state index in [4.69, 9.17) is 4.74 Å². The van der Waals surface area contributed by atoms with E-state index in [9.17, 15) is 4.79 Å². The van der Waals surface area contributed by atoms with Crippen molar-refractivity contribution in [2.24, 2.45) is 11.3 Å². The summed E-state index contributed by atoms with van der Waals surface area (Å²) >= 11 is 0. The SMILES string of the molecule is CC(C)CCN(CC1(C=O)CCOC1)C1CCCC1. The van der Waals surface area contributed by atoms with Crippen molar-refractivity contribution in [3.05, 3.63) is 0 Å². The monoisotopic (exact) mass is 267 g/mol. The maximum absolute atomic E-state index is 11.5. The van der Waals surface area contributed by atoms with Crippen LogP contribution in [-0.2, 0) is 9.53 Å². The van der Waals surface area contributed by atoms with Crippen LogP contribution in [0, 0.1) is 11.3 Å². The van der Waals surface area contributed by atoms with Gasteiger partial charge in [0.25, 0.3) is 0 Å². The van der Waals surface area contributed by atoms with Gasteiger partial charge in [-0.1, -0.05) is 26.7 Å². The third-order valence-electron chi connectivity index (χ3n) is 4.74. The molecule has 0 amide bonds. The summed E-state index contributed by atoms with van der Waals surface area (Å²) in [6, 6.07) is 0.705. The molecule has 0 aromatic heterocycles. The van der Waals surface area contributed by atoms with Crippen molar-refractivity contribution in [1.29, 1.82) is 0 Å². The highest BCUT2D eigenvalue weighted by molar-refractivity contribution is 5.60. The zero-order chi connectivity index (χ0) is 13.7. The molecule has 1 atom stereocenters. The standard InChI is InChI=1S/C16H29NO2/c1-14(2)7-9-17(15-5-3-4-6-15)11-16(12-18)8-10-19-13-16/h12,14-15H,3-11,13H2,1-2H3. The molecule has 3 nitrogen and oxygen atoms in total. The van der Waals surface area contributed by atoms with Crippen LogP contribution in [0.1, 0.15) is 52.4 Å². The summed E-state index contributed by atoms with van der Waals surface area (Å²) < 4.78 is 5.48. The molecule has 0 bridgehead atoms.